The summed E-state index contributed by atoms with van der Waals surface area (Å²) >= 11 is 0. The standard InChI is InChI=1S/C22H24N4O5/c1-14(27)25-22(2,3)21-24-20(31-26-21)15-8-10-17(11-9-15)30-13-19(28)23-16-6-5-7-18(12-16)29-4/h5-12H,13H2,1-4H3,(H,23,28)(H,25,27). The van der Waals surface area contributed by atoms with Gasteiger partial charge in [-0.15, -0.1) is 0 Å². The Kier molecular flexibility index (Phi) is 6.54. The number of rotatable bonds is 8. The maximum Gasteiger partial charge on any atom is 0.262 e. The zero-order chi connectivity index (χ0) is 22.4. The van der Waals surface area contributed by atoms with Gasteiger partial charge in [-0.25, -0.2) is 0 Å². The highest BCUT2D eigenvalue weighted by Gasteiger charge is 2.27. The number of nitrogens with one attached hydrogen (secondary N) is 2. The smallest absolute Gasteiger partial charge is 0.262 e. The molecule has 0 aliphatic carbocycles. The lowest BCUT2D eigenvalue weighted by atomic mass is 10.1. The van der Waals surface area contributed by atoms with E-state index < -0.39 is 5.54 Å². The van der Waals surface area contributed by atoms with E-state index in [1.54, 1.807) is 69.5 Å². The Morgan fingerprint density at radius 2 is 1.84 bits per heavy atom. The van der Waals surface area contributed by atoms with Gasteiger partial charge in [0.2, 0.25) is 5.91 Å². The van der Waals surface area contributed by atoms with Crippen LogP contribution in [-0.2, 0) is 15.1 Å². The molecule has 9 heteroatoms. The lowest BCUT2D eigenvalue weighted by molar-refractivity contribution is -0.120. The normalized spacial score (nSPS) is 11.0. The highest BCUT2D eigenvalue weighted by atomic mass is 16.5. The van der Waals surface area contributed by atoms with E-state index in [0.29, 0.717) is 34.5 Å². The Bertz CT molecular complexity index is 1060. The Morgan fingerprint density at radius 1 is 1.10 bits per heavy atom. The quantitative estimate of drug-likeness (QED) is 0.571. The number of ether oxygens (including phenoxy) is 2. The molecule has 1 heterocycles. The lowest BCUT2D eigenvalue weighted by Crippen LogP contribution is -2.40. The molecular weight excluding hydrogens is 400 g/mol. The SMILES string of the molecule is COc1cccc(NC(=O)COc2ccc(-c3nc(C(C)(C)NC(C)=O)no3)cc2)c1. The summed E-state index contributed by atoms with van der Waals surface area (Å²) in [5, 5.41) is 9.48. The second kappa shape index (κ2) is 9.29. The van der Waals surface area contributed by atoms with Gasteiger partial charge in [0, 0.05) is 24.2 Å². The average molecular weight is 424 g/mol. The van der Waals surface area contributed by atoms with Crippen LogP contribution in [0, 0.1) is 0 Å². The van der Waals surface area contributed by atoms with Crippen molar-refractivity contribution < 1.29 is 23.6 Å². The van der Waals surface area contributed by atoms with Gasteiger partial charge in [0.15, 0.2) is 12.4 Å². The second-order valence-corrected chi connectivity index (χ2v) is 7.32. The van der Waals surface area contributed by atoms with Crippen LogP contribution in [0.15, 0.2) is 53.1 Å². The number of anilines is 1. The fraction of sp³-hybridized carbons (Fsp3) is 0.273. The van der Waals surface area contributed by atoms with E-state index >= 15 is 0 Å². The van der Waals surface area contributed by atoms with Gasteiger partial charge in [0.1, 0.15) is 11.5 Å². The predicted octanol–water partition coefficient (Wildman–Crippen LogP) is 3.13. The minimum Gasteiger partial charge on any atom is -0.497 e. The molecular formula is C22H24N4O5. The van der Waals surface area contributed by atoms with Crippen molar-refractivity contribution in [2.24, 2.45) is 0 Å². The van der Waals surface area contributed by atoms with Gasteiger partial charge < -0.3 is 24.6 Å². The molecule has 0 fully saturated rings. The molecule has 162 valence electrons. The molecule has 0 saturated heterocycles. The highest BCUT2D eigenvalue weighted by molar-refractivity contribution is 5.92. The van der Waals surface area contributed by atoms with Crippen LogP contribution in [0.4, 0.5) is 5.69 Å². The van der Waals surface area contributed by atoms with Gasteiger partial charge in [-0.3, -0.25) is 9.59 Å². The summed E-state index contributed by atoms with van der Waals surface area (Å²) in [5.41, 5.74) is 0.551. The first-order valence-electron chi connectivity index (χ1n) is 9.57. The van der Waals surface area contributed by atoms with E-state index in [9.17, 15) is 9.59 Å². The third kappa shape index (κ3) is 5.81. The molecule has 2 aromatic carbocycles. The number of hydrogen-bond acceptors (Lipinski definition) is 7. The maximum atomic E-state index is 12.1. The van der Waals surface area contributed by atoms with Gasteiger partial charge in [-0.05, 0) is 50.2 Å². The summed E-state index contributed by atoms with van der Waals surface area (Å²) in [6.07, 6.45) is 0. The number of hydrogen-bond donors (Lipinski definition) is 2. The fourth-order valence-electron chi connectivity index (χ4n) is 2.83. The number of amides is 2. The second-order valence-electron chi connectivity index (χ2n) is 7.32. The molecule has 3 rings (SSSR count). The highest BCUT2D eigenvalue weighted by Crippen LogP contribution is 2.24. The summed E-state index contributed by atoms with van der Waals surface area (Å²) in [4.78, 5) is 27.8. The molecule has 0 radical (unpaired) electrons. The molecule has 2 N–H and O–H groups in total. The number of methoxy groups -OCH3 is 1. The van der Waals surface area contributed by atoms with Crippen molar-refractivity contribution in [3.05, 3.63) is 54.4 Å². The van der Waals surface area contributed by atoms with Crippen LogP contribution >= 0.6 is 0 Å². The van der Waals surface area contributed by atoms with Crippen LogP contribution in [0.5, 0.6) is 11.5 Å². The number of carbonyl (C=O) groups is 2. The van der Waals surface area contributed by atoms with Crippen molar-refractivity contribution in [1.29, 1.82) is 0 Å². The topological polar surface area (TPSA) is 116 Å². The minimum atomic E-state index is -0.757. The number of benzene rings is 2. The Morgan fingerprint density at radius 3 is 2.52 bits per heavy atom. The first kappa shape index (κ1) is 21.8. The fourth-order valence-corrected chi connectivity index (χ4v) is 2.83. The van der Waals surface area contributed by atoms with Gasteiger partial charge in [-0.2, -0.15) is 4.98 Å². The molecule has 0 atom stereocenters. The monoisotopic (exact) mass is 424 g/mol. The van der Waals surface area contributed by atoms with Gasteiger partial charge >= 0.3 is 0 Å². The molecule has 2 amide bonds. The predicted molar refractivity (Wildman–Crippen MR) is 114 cm³/mol. The van der Waals surface area contributed by atoms with Crippen molar-refractivity contribution in [1.82, 2.24) is 15.5 Å². The number of carbonyl (C=O) groups excluding carboxylic acids is 2. The minimum absolute atomic E-state index is 0.147. The number of aromatic nitrogens is 2. The van der Waals surface area contributed by atoms with E-state index in [2.05, 4.69) is 20.8 Å². The zero-order valence-corrected chi connectivity index (χ0v) is 17.8. The Labute approximate surface area is 179 Å². The number of nitrogens with zero attached hydrogens (tertiary/aromatic N) is 2. The largest absolute Gasteiger partial charge is 0.497 e. The molecule has 1 aromatic heterocycles. The van der Waals surface area contributed by atoms with Crippen LogP contribution < -0.4 is 20.1 Å². The zero-order valence-electron chi connectivity index (χ0n) is 17.8. The van der Waals surface area contributed by atoms with Crippen molar-refractivity contribution in [3.8, 4) is 23.0 Å². The first-order chi connectivity index (χ1) is 14.8. The lowest BCUT2D eigenvalue weighted by Gasteiger charge is -2.20. The van der Waals surface area contributed by atoms with Gasteiger partial charge in [-0.1, -0.05) is 11.2 Å². The molecule has 0 spiro atoms. The van der Waals surface area contributed by atoms with Crippen molar-refractivity contribution in [3.63, 3.8) is 0 Å². The van der Waals surface area contributed by atoms with Crippen molar-refractivity contribution in [2.75, 3.05) is 19.0 Å². The molecule has 31 heavy (non-hydrogen) atoms. The summed E-state index contributed by atoms with van der Waals surface area (Å²) in [6.45, 7) is 4.86. The maximum absolute atomic E-state index is 12.1. The van der Waals surface area contributed by atoms with Crippen LogP contribution in [0.2, 0.25) is 0 Å². The van der Waals surface area contributed by atoms with Crippen molar-refractivity contribution >= 4 is 17.5 Å². The van der Waals surface area contributed by atoms with Crippen LogP contribution in [0.25, 0.3) is 11.5 Å². The molecule has 0 saturated carbocycles. The van der Waals surface area contributed by atoms with E-state index in [0.717, 1.165) is 0 Å². The van der Waals surface area contributed by atoms with E-state index in [4.69, 9.17) is 14.0 Å². The Balaban J connectivity index is 1.58. The third-order valence-electron chi connectivity index (χ3n) is 4.30. The first-order valence-corrected chi connectivity index (χ1v) is 9.57. The summed E-state index contributed by atoms with van der Waals surface area (Å²) in [7, 11) is 1.56. The summed E-state index contributed by atoms with van der Waals surface area (Å²) in [6, 6.07) is 14.0. The molecule has 9 nitrogen and oxygen atoms in total. The van der Waals surface area contributed by atoms with E-state index in [-0.39, 0.29) is 18.4 Å². The van der Waals surface area contributed by atoms with E-state index in [1.165, 1.54) is 6.92 Å². The van der Waals surface area contributed by atoms with Gasteiger partial charge in [0.25, 0.3) is 11.8 Å². The third-order valence-corrected chi connectivity index (χ3v) is 4.30. The van der Waals surface area contributed by atoms with Crippen molar-refractivity contribution in [2.45, 2.75) is 26.3 Å². The van der Waals surface area contributed by atoms with Crippen LogP contribution in [0.1, 0.15) is 26.6 Å². The summed E-state index contributed by atoms with van der Waals surface area (Å²) in [5.74, 6) is 1.37. The molecule has 0 bridgehead atoms. The van der Waals surface area contributed by atoms with E-state index in [1.807, 2.05) is 0 Å². The Hall–Kier alpha value is -3.88. The molecule has 0 aliphatic heterocycles. The molecule has 3 aromatic rings. The summed E-state index contributed by atoms with van der Waals surface area (Å²) < 4.78 is 16.0. The molecule has 0 aliphatic rings. The van der Waals surface area contributed by atoms with Crippen LogP contribution in [-0.4, -0.2) is 35.7 Å². The molecule has 0 unspecified atom stereocenters. The average Bonchev–Trinajstić information content (AvgIpc) is 3.23. The van der Waals surface area contributed by atoms with Crippen LogP contribution in [0.3, 0.4) is 0 Å². The van der Waals surface area contributed by atoms with Gasteiger partial charge in [0.05, 0.1) is 12.6 Å².